The van der Waals surface area contributed by atoms with Crippen LogP contribution in [0.2, 0.25) is 0 Å². The minimum Gasteiger partial charge on any atom is -0.462 e. The van der Waals surface area contributed by atoms with E-state index in [2.05, 4.69) is 5.32 Å². The number of allylic oxidation sites excluding steroid dienone is 1. The first-order valence-corrected chi connectivity index (χ1v) is 12.5. The van der Waals surface area contributed by atoms with E-state index in [0.29, 0.717) is 16.9 Å². The van der Waals surface area contributed by atoms with Gasteiger partial charge in [0.15, 0.2) is 12.1 Å². The Morgan fingerprint density at radius 3 is 2.37 bits per heavy atom. The third-order valence-electron chi connectivity index (χ3n) is 6.44. The molecule has 3 aromatic rings. The van der Waals surface area contributed by atoms with Crippen molar-refractivity contribution in [2.75, 3.05) is 6.61 Å². The van der Waals surface area contributed by atoms with Crippen molar-refractivity contribution in [1.82, 2.24) is 5.32 Å². The fourth-order valence-electron chi connectivity index (χ4n) is 4.58. The van der Waals surface area contributed by atoms with Crippen molar-refractivity contribution in [3.05, 3.63) is 108 Å². The van der Waals surface area contributed by atoms with Crippen LogP contribution in [-0.4, -0.2) is 54.0 Å². The molecule has 1 amide bonds. The maximum absolute atomic E-state index is 12.6. The average molecular weight is 516 g/mol. The Kier molecular flexibility index (Phi) is 7.95. The van der Waals surface area contributed by atoms with Gasteiger partial charge in [-0.1, -0.05) is 78.9 Å². The maximum Gasteiger partial charge on any atom is 0.223 e. The third-order valence-corrected chi connectivity index (χ3v) is 6.44. The Hall–Kier alpha value is -3.82. The fraction of sp³-hybridized carbons (Fsp3) is 0.267. The Labute approximate surface area is 220 Å². The van der Waals surface area contributed by atoms with E-state index < -0.39 is 36.9 Å². The number of aliphatic hydroxyl groups is 1. The highest BCUT2D eigenvalue weighted by Gasteiger charge is 2.50. The van der Waals surface area contributed by atoms with Gasteiger partial charge in [-0.15, -0.1) is 0 Å². The lowest BCUT2D eigenvalue weighted by atomic mass is 9.95. The number of hydrogen-bond acceptors (Lipinski definition) is 7. The van der Waals surface area contributed by atoms with E-state index in [0.717, 1.165) is 5.56 Å². The van der Waals surface area contributed by atoms with Crippen LogP contribution in [0.1, 0.15) is 34.7 Å². The number of fused-ring (bicyclic) bond motifs is 1. The molecule has 6 atom stereocenters. The Bertz CT molecular complexity index is 1280. The van der Waals surface area contributed by atoms with Crippen molar-refractivity contribution in [3.8, 4) is 5.75 Å². The summed E-state index contributed by atoms with van der Waals surface area (Å²) in [4.78, 5) is 24.6. The van der Waals surface area contributed by atoms with E-state index in [1.807, 2.05) is 42.5 Å². The number of ketones is 1. The number of rotatable bonds is 7. The van der Waals surface area contributed by atoms with Crippen LogP contribution >= 0.6 is 0 Å². The molecule has 2 aliphatic heterocycles. The van der Waals surface area contributed by atoms with Gasteiger partial charge in [0.2, 0.25) is 12.2 Å². The largest absolute Gasteiger partial charge is 0.462 e. The van der Waals surface area contributed by atoms with Crippen molar-refractivity contribution in [2.24, 2.45) is 0 Å². The molecular formula is C30H29NO7. The van der Waals surface area contributed by atoms with Crippen molar-refractivity contribution in [3.63, 3.8) is 0 Å². The number of ether oxygens (including phenoxy) is 4. The van der Waals surface area contributed by atoms with Gasteiger partial charge in [0.1, 0.15) is 30.1 Å². The number of amides is 1. The summed E-state index contributed by atoms with van der Waals surface area (Å²) in [5.74, 6) is -0.0680. The third kappa shape index (κ3) is 5.84. The summed E-state index contributed by atoms with van der Waals surface area (Å²) in [6.07, 6.45) is -1.06. The molecule has 8 heteroatoms. The Morgan fingerprint density at radius 2 is 1.63 bits per heavy atom. The van der Waals surface area contributed by atoms with Gasteiger partial charge >= 0.3 is 0 Å². The predicted molar refractivity (Wildman–Crippen MR) is 139 cm³/mol. The smallest absolute Gasteiger partial charge is 0.223 e. The second-order valence-electron chi connectivity index (χ2n) is 9.16. The topological polar surface area (TPSA) is 103 Å². The second kappa shape index (κ2) is 11.7. The molecule has 38 heavy (non-hydrogen) atoms. The number of nitrogens with one attached hydrogen (secondary N) is 1. The molecule has 196 valence electrons. The van der Waals surface area contributed by atoms with Crippen LogP contribution in [0.3, 0.4) is 0 Å². The molecule has 3 aromatic carbocycles. The summed E-state index contributed by atoms with van der Waals surface area (Å²) in [5, 5.41) is 14.0. The Morgan fingerprint density at radius 1 is 0.947 bits per heavy atom. The predicted octanol–water partition coefficient (Wildman–Crippen LogP) is 3.67. The van der Waals surface area contributed by atoms with Gasteiger partial charge in [-0.05, 0) is 18.2 Å². The number of benzene rings is 3. The zero-order valence-electron chi connectivity index (χ0n) is 20.8. The minimum atomic E-state index is -1.12. The SMILES string of the molecule is CC(=O)N[C@@H]1[C@H](Oc2ccccc2/C=C/C(=O)c2ccccc2)O[C@@H]2CO[C@H](c3ccccc3)O[C@H]2[C@H]1O. The van der Waals surface area contributed by atoms with Crippen LogP contribution in [0, 0.1) is 0 Å². The second-order valence-corrected chi connectivity index (χ2v) is 9.16. The molecule has 2 saturated heterocycles. The van der Waals surface area contributed by atoms with E-state index >= 15 is 0 Å². The summed E-state index contributed by atoms with van der Waals surface area (Å²) < 4.78 is 24.3. The van der Waals surface area contributed by atoms with E-state index in [9.17, 15) is 14.7 Å². The quantitative estimate of drug-likeness (QED) is 0.366. The van der Waals surface area contributed by atoms with Crippen molar-refractivity contribution in [2.45, 2.75) is 43.9 Å². The van der Waals surface area contributed by atoms with Crippen LogP contribution < -0.4 is 10.1 Å². The first kappa shape index (κ1) is 25.8. The molecule has 0 bridgehead atoms. The molecule has 0 radical (unpaired) electrons. The zero-order chi connectivity index (χ0) is 26.5. The standard InChI is InChI=1S/C30H29NO7/c1-19(32)31-26-27(34)28-25(18-35-29(38-28)22-13-6-3-7-14-22)37-30(26)36-24-15-9-8-12-21(24)16-17-23(33)20-10-4-2-5-11-20/h2-17,25-30,34H,18H2,1H3,(H,31,32)/b17-16+/t25-,26+,27+,28-,29+,30-/m1/s1. The molecule has 0 saturated carbocycles. The van der Waals surface area contributed by atoms with Gasteiger partial charge < -0.3 is 29.4 Å². The molecule has 2 heterocycles. The number of aliphatic hydroxyl groups excluding tert-OH is 1. The molecule has 0 unspecified atom stereocenters. The monoisotopic (exact) mass is 515 g/mol. The number of hydrogen-bond donors (Lipinski definition) is 2. The lowest BCUT2D eigenvalue weighted by molar-refractivity contribution is -0.333. The summed E-state index contributed by atoms with van der Waals surface area (Å²) in [7, 11) is 0. The molecule has 2 fully saturated rings. The van der Waals surface area contributed by atoms with Crippen molar-refractivity contribution < 1.29 is 33.6 Å². The van der Waals surface area contributed by atoms with Crippen LogP contribution in [0.25, 0.3) is 6.08 Å². The van der Waals surface area contributed by atoms with Crippen LogP contribution in [-0.2, 0) is 19.0 Å². The van der Waals surface area contributed by atoms with Gasteiger partial charge in [-0.2, -0.15) is 0 Å². The van der Waals surface area contributed by atoms with E-state index in [1.54, 1.807) is 48.5 Å². The lowest BCUT2D eigenvalue weighted by Gasteiger charge is -2.47. The van der Waals surface area contributed by atoms with Crippen LogP contribution in [0.15, 0.2) is 91.0 Å². The molecule has 8 nitrogen and oxygen atoms in total. The summed E-state index contributed by atoms with van der Waals surface area (Å²) in [6.45, 7) is 1.53. The van der Waals surface area contributed by atoms with Gasteiger partial charge in [-0.3, -0.25) is 9.59 Å². The highest BCUT2D eigenvalue weighted by atomic mass is 16.7. The van der Waals surface area contributed by atoms with E-state index in [-0.39, 0.29) is 18.3 Å². The summed E-state index contributed by atoms with van der Waals surface area (Å²) >= 11 is 0. The fourth-order valence-corrected chi connectivity index (χ4v) is 4.58. The average Bonchev–Trinajstić information content (AvgIpc) is 2.95. The first-order chi connectivity index (χ1) is 18.5. The lowest BCUT2D eigenvalue weighted by Crippen LogP contribution is -2.67. The summed E-state index contributed by atoms with van der Waals surface area (Å²) in [5.41, 5.74) is 2.03. The van der Waals surface area contributed by atoms with Gasteiger partial charge in [0.05, 0.1) is 6.61 Å². The van der Waals surface area contributed by atoms with Crippen LogP contribution in [0.4, 0.5) is 0 Å². The number of para-hydroxylation sites is 1. The first-order valence-electron chi connectivity index (χ1n) is 12.5. The highest BCUT2D eigenvalue weighted by molar-refractivity contribution is 6.06. The van der Waals surface area contributed by atoms with Crippen molar-refractivity contribution in [1.29, 1.82) is 0 Å². The van der Waals surface area contributed by atoms with E-state index in [1.165, 1.54) is 13.0 Å². The van der Waals surface area contributed by atoms with Crippen LogP contribution in [0.5, 0.6) is 5.75 Å². The molecule has 2 aliphatic rings. The molecule has 2 N–H and O–H groups in total. The highest BCUT2D eigenvalue weighted by Crippen LogP contribution is 2.35. The number of carbonyl (C=O) groups excluding carboxylic acids is 2. The minimum absolute atomic E-state index is 0.145. The normalized spacial score (nSPS) is 26.9. The van der Waals surface area contributed by atoms with Gasteiger partial charge in [0, 0.05) is 23.6 Å². The molecule has 0 spiro atoms. The molecule has 0 aliphatic carbocycles. The Balaban J connectivity index is 1.35. The molecular weight excluding hydrogens is 486 g/mol. The maximum atomic E-state index is 12.6. The van der Waals surface area contributed by atoms with Gasteiger partial charge in [-0.25, -0.2) is 0 Å². The summed E-state index contributed by atoms with van der Waals surface area (Å²) in [6, 6.07) is 24.6. The van der Waals surface area contributed by atoms with E-state index in [4.69, 9.17) is 18.9 Å². The zero-order valence-corrected chi connectivity index (χ0v) is 20.8. The van der Waals surface area contributed by atoms with Crippen molar-refractivity contribution >= 4 is 17.8 Å². The van der Waals surface area contributed by atoms with Gasteiger partial charge in [0.25, 0.3) is 0 Å². The molecule has 0 aromatic heterocycles. The molecule has 5 rings (SSSR count). The number of carbonyl (C=O) groups is 2.